The third-order valence-electron chi connectivity index (χ3n) is 5.87. The number of benzene rings is 1. The van der Waals surface area contributed by atoms with Crippen LogP contribution in [0, 0.1) is 11.3 Å². The number of halogens is 2. The Bertz CT molecular complexity index is 946. The molecule has 0 saturated carbocycles. The van der Waals surface area contributed by atoms with E-state index in [0.717, 1.165) is 18.0 Å². The highest BCUT2D eigenvalue weighted by Gasteiger charge is 2.51. The van der Waals surface area contributed by atoms with Crippen LogP contribution in [0.25, 0.3) is 11.3 Å². The average molecular weight is 400 g/mol. The van der Waals surface area contributed by atoms with Crippen molar-refractivity contribution in [2.75, 3.05) is 5.73 Å². The van der Waals surface area contributed by atoms with Crippen LogP contribution in [0.3, 0.4) is 0 Å². The SMILES string of the molecule is BC(F)(F)C(C)n1nc(-c2ccc(B3OC(C)(C)C(C)(C)O3)cc2)c(C#N)c1N. The average Bonchev–Trinajstić information content (AvgIpc) is 3.06. The Morgan fingerprint density at radius 1 is 1.21 bits per heavy atom. The van der Waals surface area contributed by atoms with Crippen LogP contribution in [0.5, 0.6) is 0 Å². The van der Waals surface area contributed by atoms with Crippen LogP contribution in [0.15, 0.2) is 24.3 Å². The number of rotatable bonds is 4. The second-order valence-corrected chi connectivity index (χ2v) is 8.51. The molecule has 2 N–H and O–H groups in total. The number of aromatic nitrogens is 2. The number of nitrogens with two attached hydrogens (primary N) is 1. The van der Waals surface area contributed by atoms with Crippen molar-refractivity contribution >= 4 is 26.2 Å². The predicted molar refractivity (Wildman–Crippen MR) is 111 cm³/mol. The predicted octanol–water partition coefficient (Wildman–Crippen LogP) is 2.09. The highest BCUT2D eigenvalue weighted by atomic mass is 19.3. The number of alkyl halides is 2. The number of hydrogen-bond donors (Lipinski definition) is 1. The quantitative estimate of drug-likeness (QED) is 0.795. The van der Waals surface area contributed by atoms with Gasteiger partial charge in [0.05, 0.1) is 11.2 Å². The van der Waals surface area contributed by atoms with E-state index in [1.165, 1.54) is 6.92 Å². The van der Waals surface area contributed by atoms with E-state index in [1.807, 2.05) is 45.9 Å². The zero-order valence-electron chi connectivity index (χ0n) is 17.5. The maximum absolute atomic E-state index is 13.8. The molecule has 2 aromatic rings. The molecule has 1 fully saturated rings. The van der Waals surface area contributed by atoms with Crippen LogP contribution < -0.4 is 11.2 Å². The van der Waals surface area contributed by atoms with Gasteiger partial charge in [-0.05, 0) is 40.1 Å². The van der Waals surface area contributed by atoms with Crippen molar-refractivity contribution in [1.29, 1.82) is 5.26 Å². The van der Waals surface area contributed by atoms with Crippen LogP contribution in [0.4, 0.5) is 14.6 Å². The highest BCUT2D eigenvalue weighted by molar-refractivity contribution is 6.62. The Morgan fingerprint density at radius 2 is 1.72 bits per heavy atom. The molecule has 152 valence electrons. The molecule has 0 bridgehead atoms. The number of nitriles is 1. The summed E-state index contributed by atoms with van der Waals surface area (Å²) >= 11 is 0. The standard InChI is InChI=1S/C19H24B2F2N4O2/c1-11(19(20,22)23)27-16(25)14(10-24)15(26-27)12-6-8-13(9-7-12)21-28-17(2,3)18(4,5)29-21/h6-9,11H,20,25H2,1-5H3. The van der Waals surface area contributed by atoms with E-state index in [-0.39, 0.29) is 17.1 Å². The summed E-state index contributed by atoms with van der Waals surface area (Å²) in [4.78, 5) is 0. The molecular weight excluding hydrogens is 376 g/mol. The zero-order chi connectivity index (χ0) is 21.8. The van der Waals surface area contributed by atoms with Crippen molar-refractivity contribution in [3.63, 3.8) is 0 Å². The van der Waals surface area contributed by atoms with Gasteiger partial charge < -0.3 is 15.0 Å². The molecular formula is C19H24B2F2N4O2. The van der Waals surface area contributed by atoms with E-state index in [2.05, 4.69) is 5.10 Å². The molecule has 1 aliphatic rings. The summed E-state index contributed by atoms with van der Waals surface area (Å²) in [6.07, 6.45) is 0. The first-order valence-corrected chi connectivity index (χ1v) is 9.40. The van der Waals surface area contributed by atoms with E-state index in [9.17, 15) is 14.0 Å². The third-order valence-corrected chi connectivity index (χ3v) is 5.87. The maximum Gasteiger partial charge on any atom is 0.494 e. The molecule has 1 saturated heterocycles. The van der Waals surface area contributed by atoms with Gasteiger partial charge in [-0.1, -0.05) is 24.3 Å². The lowest BCUT2D eigenvalue weighted by Gasteiger charge is -2.32. The van der Waals surface area contributed by atoms with Gasteiger partial charge in [-0.2, -0.15) is 10.4 Å². The minimum atomic E-state index is -3.04. The topological polar surface area (TPSA) is 86.1 Å². The number of anilines is 1. The van der Waals surface area contributed by atoms with Crippen LogP contribution in [0.2, 0.25) is 0 Å². The van der Waals surface area contributed by atoms with Gasteiger partial charge >= 0.3 is 7.12 Å². The Morgan fingerprint density at radius 3 is 2.17 bits per heavy atom. The molecule has 0 amide bonds. The summed E-state index contributed by atoms with van der Waals surface area (Å²) in [7, 11) is 0.273. The lowest BCUT2D eigenvalue weighted by atomic mass is 9.78. The van der Waals surface area contributed by atoms with Gasteiger partial charge in [0.15, 0.2) is 7.85 Å². The van der Waals surface area contributed by atoms with Gasteiger partial charge in [0.2, 0.25) is 5.82 Å². The molecule has 3 rings (SSSR count). The van der Waals surface area contributed by atoms with E-state index in [4.69, 9.17) is 15.0 Å². The minimum Gasteiger partial charge on any atom is -0.399 e. The summed E-state index contributed by atoms with van der Waals surface area (Å²) in [6, 6.07) is 7.82. The fourth-order valence-corrected chi connectivity index (χ4v) is 3.05. The molecule has 10 heteroatoms. The molecule has 1 aromatic carbocycles. The smallest absolute Gasteiger partial charge is 0.399 e. The molecule has 6 nitrogen and oxygen atoms in total. The fraction of sp³-hybridized carbons (Fsp3) is 0.474. The van der Waals surface area contributed by atoms with Gasteiger partial charge in [0.1, 0.15) is 29.2 Å². The second kappa shape index (κ2) is 6.85. The number of hydrogen-bond acceptors (Lipinski definition) is 5. The van der Waals surface area contributed by atoms with Crippen molar-refractivity contribution < 1.29 is 18.1 Å². The van der Waals surface area contributed by atoms with E-state index < -0.39 is 30.2 Å². The van der Waals surface area contributed by atoms with Gasteiger partial charge in [-0.25, -0.2) is 13.5 Å². The minimum absolute atomic E-state index is 0.0736. The lowest BCUT2D eigenvalue weighted by Crippen LogP contribution is -2.41. The molecule has 1 aromatic heterocycles. The Balaban J connectivity index is 1.94. The molecule has 1 atom stereocenters. The van der Waals surface area contributed by atoms with Crippen LogP contribution in [-0.4, -0.2) is 41.8 Å². The first-order chi connectivity index (χ1) is 13.3. The maximum atomic E-state index is 13.8. The molecule has 29 heavy (non-hydrogen) atoms. The van der Waals surface area contributed by atoms with Crippen molar-refractivity contribution in [3.8, 4) is 17.3 Å². The largest absolute Gasteiger partial charge is 0.494 e. The highest BCUT2D eigenvalue weighted by Crippen LogP contribution is 2.37. The summed E-state index contributed by atoms with van der Waals surface area (Å²) in [6.45, 7) is 9.21. The Kier molecular flexibility index (Phi) is 5.04. The number of nitrogens with zero attached hydrogens (tertiary/aromatic N) is 3. The third kappa shape index (κ3) is 3.65. The second-order valence-electron chi connectivity index (χ2n) is 8.51. The first kappa shape index (κ1) is 21.3. The van der Waals surface area contributed by atoms with E-state index in [1.54, 1.807) is 12.1 Å². The van der Waals surface area contributed by atoms with Crippen molar-refractivity contribution in [2.24, 2.45) is 0 Å². The summed E-state index contributed by atoms with van der Waals surface area (Å²) in [5.41, 5.74) is 6.77. The van der Waals surface area contributed by atoms with Gasteiger partial charge in [0.25, 0.3) is 0 Å². The number of nitrogen functional groups attached to an aromatic ring is 1. The molecule has 1 unspecified atom stereocenters. The molecule has 0 aliphatic carbocycles. The molecule has 0 spiro atoms. The Hall–Kier alpha value is -2.37. The van der Waals surface area contributed by atoms with Crippen LogP contribution in [-0.2, 0) is 9.31 Å². The normalized spacial score (nSPS) is 19.2. The van der Waals surface area contributed by atoms with Crippen molar-refractivity contribution in [2.45, 2.75) is 57.7 Å². The molecule has 2 heterocycles. The van der Waals surface area contributed by atoms with Gasteiger partial charge in [-0.15, -0.1) is 0 Å². The molecule has 1 aliphatic heterocycles. The first-order valence-electron chi connectivity index (χ1n) is 9.40. The Labute approximate surface area is 170 Å². The van der Waals surface area contributed by atoms with E-state index >= 15 is 0 Å². The molecule has 0 radical (unpaired) electrons. The zero-order valence-corrected chi connectivity index (χ0v) is 17.5. The van der Waals surface area contributed by atoms with Crippen molar-refractivity contribution in [1.82, 2.24) is 9.78 Å². The van der Waals surface area contributed by atoms with Gasteiger partial charge in [-0.3, -0.25) is 0 Å². The fourth-order valence-electron chi connectivity index (χ4n) is 3.05. The van der Waals surface area contributed by atoms with Gasteiger partial charge in [0, 0.05) is 5.56 Å². The lowest BCUT2D eigenvalue weighted by molar-refractivity contribution is 0.00578. The van der Waals surface area contributed by atoms with E-state index in [0.29, 0.717) is 5.56 Å². The van der Waals surface area contributed by atoms with Crippen LogP contribution >= 0.6 is 0 Å². The summed E-state index contributed by atoms with van der Waals surface area (Å²) in [5, 5.41) is 13.7. The monoisotopic (exact) mass is 400 g/mol. The summed E-state index contributed by atoms with van der Waals surface area (Å²) in [5.74, 6) is -3.11. The van der Waals surface area contributed by atoms with Crippen LogP contribution in [0.1, 0.15) is 46.2 Å². The summed E-state index contributed by atoms with van der Waals surface area (Å²) < 4.78 is 40.6. The van der Waals surface area contributed by atoms with Crippen molar-refractivity contribution in [3.05, 3.63) is 29.8 Å².